The van der Waals surface area contributed by atoms with Crippen LogP contribution in [0.2, 0.25) is 5.02 Å². The predicted molar refractivity (Wildman–Crippen MR) is 78.4 cm³/mol. The van der Waals surface area contributed by atoms with Crippen LogP contribution in [0.15, 0.2) is 41.1 Å². The van der Waals surface area contributed by atoms with Crippen LogP contribution in [0.5, 0.6) is 0 Å². The number of benzene rings is 1. The molecular weight excluding hydrogens is 323 g/mol. The molecule has 0 aliphatic rings. The van der Waals surface area contributed by atoms with Crippen molar-refractivity contribution in [2.45, 2.75) is 6.18 Å². The number of carbonyl (C=O) groups is 1. The molecule has 2 rings (SSSR count). The Kier molecular flexibility index (Phi) is 4.69. The molecule has 110 valence electrons. The first-order valence-electron chi connectivity index (χ1n) is 5.74. The van der Waals surface area contributed by atoms with Gasteiger partial charge < -0.3 is 5.32 Å². The Morgan fingerprint density at radius 1 is 1.29 bits per heavy atom. The number of hydrogen-bond donors (Lipinski definition) is 1. The minimum Gasteiger partial charge on any atom is -0.322 e. The SMILES string of the molecule is O=C(/C=C/c1ccsc1)Nc1ccc(Cl)cc1C(F)(F)F. The summed E-state index contributed by atoms with van der Waals surface area (Å²) in [6, 6.07) is 4.98. The van der Waals surface area contributed by atoms with Crippen LogP contribution in [0.25, 0.3) is 6.08 Å². The summed E-state index contributed by atoms with van der Waals surface area (Å²) in [7, 11) is 0. The van der Waals surface area contributed by atoms with E-state index in [1.165, 1.54) is 29.6 Å². The number of anilines is 1. The van der Waals surface area contributed by atoms with E-state index in [1.54, 1.807) is 6.07 Å². The Bertz CT molecular complexity index is 665. The maximum absolute atomic E-state index is 12.9. The quantitative estimate of drug-likeness (QED) is 0.781. The standard InChI is InChI=1S/C14H9ClF3NOS/c15-10-2-3-12(11(7-10)14(16,17)18)19-13(20)4-1-9-5-6-21-8-9/h1-8H,(H,19,20)/b4-1+. The van der Waals surface area contributed by atoms with Crippen LogP contribution in [-0.2, 0) is 11.0 Å². The highest BCUT2D eigenvalue weighted by atomic mass is 35.5. The lowest BCUT2D eigenvalue weighted by molar-refractivity contribution is -0.136. The molecule has 1 amide bonds. The molecule has 0 aliphatic heterocycles. The average molecular weight is 332 g/mol. The van der Waals surface area contributed by atoms with E-state index in [4.69, 9.17) is 11.6 Å². The number of alkyl halides is 3. The van der Waals surface area contributed by atoms with Crippen molar-refractivity contribution < 1.29 is 18.0 Å². The first-order valence-corrected chi connectivity index (χ1v) is 7.06. The number of hydrogen-bond acceptors (Lipinski definition) is 2. The lowest BCUT2D eigenvalue weighted by atomic mass is 10.1. The monoisotopic (exact) mass is 331 g/mol. The Balaban J connectivity index is 2.18. The van der Waals surface area contributed by atoms with E-state index in [1.807, 2.05) is 10.8 Å². The summed E-state index contributed by atoms with van der Waals surface area (Å²) >= 11 is 7.02. The van der Waals surface area contributed by atoms with Crippen LogP contribution in [0, 0.1) is 0 Å². The summed E-state index contributed by atoms with van der Waals surface area (Å²) in [5.74, 6) is -0.644. The number of halogens is 4. The molecular formula is C14H9ClF3NOS. The van der Waals surface area contributed by atoms with Gasteiger partial charge in [0.2, 0.25) is 5.91 Å². The van der Waals surface area contributed by atoms with Gasteiger partial charge in [0.1, 0.15) is 0 Å². The van der Waals surface area contributed by atoms with E-state index < -0.39 is 17.6 Å². The van der Waals surface area contributed by atoms with Crippen LogP contribution in [0.3, 0.4) is 0 Å². The fraction of sp³-hybridized carbons (Fsp3) is 0.0714. The maximum Gasteiger partial charge on any atom is 0.418 e. The van der Waals surface area contributed by atoms with Crippen molar-refractivity contribution in [1.29, 1.82) is 0 Å². The van der Waals surface area contributed by atoms with E-state index in [0.29, 0.717) is 0 Å². The third-order valence-corrected chi connectivity index (χ3v) is 3.45. The molecule has 1 aromatic heterocycles. The van der Waals surface area contributed by atoms with Gasteiger partial charge in [-0.05, 0) is 46.7 Å². The minimum atomic E-state index is -4.59. The minimum absolute atomic E-state index is 0.0471. The van der Waals surface area contributed by atoms with Crippen LogP contribution in [0.4, 0.5) is 18.9 Å². The molecule has 0 spiro atoms. The van der Waals surface area contributed by atoms with Gasteiger partial charge in [-0.15, -0.1) is 0 Å². The molecule has 1 aromatic carbocycles. The highest BCUT2D eigenvalue weighted by molar-refractivity contribution is 7.08. The van der Waals surface area contributed by atoms with Gasteiger partial charge in [0, 0.05) is 11.1 Å². The van der Waals surface area contributed by atoms with E-state index in [9.17, 15) is 18.0 Å². The normalized spacial score (nSPS) is 11.8. The Hall–Kier alpha value is -1.79. The summed E-state index contributed by atoms with van der Waals surface area (Å²) in [4.78, 5) is 11.7. The molecule has 7 heteroatoms. The van der Waals surface area contributed by atoms with Gasteiger partial charge in [0.15, 0.2) is 0 Å². The lowest BCUT2D eigenvalue weighted by Gasteiger charge is -2.13. The van der Waals surface area contributed by atoms with Crippen molar-refractivity contribution in [3.8, 4) is 0 Å². The van der Waals surface area contributed by atoms with Gasteiger partial charge in [0.05, 0.1) is 11.3 Å². The van der Waals surface area contributed by atoms with Gasteiger partial charge in [0.25, 0.3) is 0 Å². The molecule has 2 nitrogen and oxygen atoms in total. The van der Waals surface area contributed by atoms with Crippen LogP contribution >= 0.6 is 22.9 Å². The molecule has 21 heavy (non-hydrogen) atoms. The molecule has 0 radical (unpaired) electrons. The molecule has 0 unspecified atom stereocenters. The van der Waals surface area contributed by atoms with Gasteiger partial charge in [-0.25, -0.2) is 0 Å². The van der Waals surface area contributed by atoms with E-state index >= 15 is 0 Å². The summed E-state index contributed by atoms with van der Waals surface area (Å²) in [6.07, 6.45) is -1.89. The zero-order valence-corrected chi connectivity index (χ0v) is 12.0. The fourth-order valence-corrected chi connectivity index (χ4v) is 2.38. The molecule has 0 saturated carbocycles. The Morgan fingerprint density at radius 3 is 2.67 bits per heavy atom. The largest absolute Gasteiger partial charge is 0.418 e. The smallest absolute Gasteiger partial charge is 0.322 e. The molecule has 0 aliphatic carbocycles. The van der Waals surface area contributed by atoms with Crippen molar-refractivity contribution in [2.75, 3.05) is 5.32 Å². The molecule has 0 fully saturated rings. The summed E-state index contributed by atoms with van der Waals surface area (Å²) in [5.41, 5.74) is -0.499. The summed E-state index contributed by atoms with van der Waals surface area (Å²) < 4.78 is 38.6. The van der Waals surface area contributed by atoms with Crippen LogP contribution < -0.4 is 5.32 Å². The molecule has 0 bridgehead atoms. The number of carbonyl (C=O) groups excluding carboxylic acids is 1. The van der Waals surface area contributed by atoms with Crippen molar-refractivity contribution in [3.05, 3.63) is 57.3 Å². The van der Waals surface area contributed by atoms with Gasteiger partial charge in [-0.2, -0.15) is 24.5 Å². The van der Waals surface area contributed by atoms with E-state index in [-0.39, 0.29) is 10.7 Å². The third kappa shape index (κ3) is 4.34. The molecule has 0 atom stereocenters. The number of nitrogens with one attached hydrogen (secondary N) is 1. The number of amides is 1. The van der Waals surface area contributed by atoms with Crippen molar-refractivity contribution in [3.63, 3.8) is 0 Å². The second-order valence-corrected chi connectivity index (χ2v) is 5.28. The average Bonchev–Trinajstić information content (AvgIpc) is 2.90. The Morgan fingerprint density at radius 2 is 2.05 bits per heavy atom. The van der Waals surface area contributed by atoms with Crippen LogP contribution in [0.1, 0.15) is 11.1 Å². The molecule has 1 heterocycles. The highest BCUT2D eigenvalue weighted by Gasteiger charge is 2.34. The van der Waals surface area contributed by atoms with E-state index in [0.717, 1.165) is 17.7 Å². The van der Waals surface area contributed by atoms with Gasteiger partial charge >= 0.3 is 6.18 Å². The predicted octanol–water partition coefficient (Wildman–Crippen LogP) is 5.07. The summed E-state index contributed by atoms with van der Waals surface area (Å²) in [6.45, 7) is 0. The van der Waals surface area contributed by atoms with Crippen molar-refractivity contribution >= 4 is 40.6 Å². The first-order chi connectivity index (χ1) is 9.86. The number of rotatable bonds is 3. The van der Waals surface area contributed by atoms with Crippen molar-refractivity contribution in [1.82, 2.24) is 0 Å². The van der Waals surface area contributed by atoms with E-state index in [2.05, 4.69) is 5.32 Å². The second kappa shape index (κ2) is 6.32. The first kappa shape index (κ1) is 15.6. The third-order valence-electron chi connectivity index (χ3n) is 2.52. The fourth-order valence-electron chi connectivity index (χ4n) is 1.58. The maximum atomic E-state index is 12.9. The molecule has 1 N–H and O–H groups in total. The molecule has 0 saturated heterocycles. The molecule has 2 aromatic rings. The zero-order valence-electron chi connectivity index (χ0n) is 10.4. The second-order valence-electron chi connectivity index (χ2n) is 4.07. The summed E-state index contributed by atoms with van der Waals surface area (Å²) in [5, 5.41) is 5.80. The lowest BCUT2D eigenvalue weighted by Crippen LogP contribution is -2.14. The highest BCUT2D eigenvalue weighted by Crippen LogP contribution is 2.36. The Labute approximate surface area is 127 Å². The topological polar surface area (TPSA) is 29.1 Å². The number of thiophene rings is 1. The van der Waals surface area contributed by atoms with Crippen LogP contribution in [-0.4, -0.2) is 5.91 Å². The van der Waals surface area contributed by atoms with Crippen molar-refractivity contribution in [2.24, 2.45) is 0 Å². The zero-order chi connectivity index (χ0) is 15.5. The van der Waals surface area contributed by atoms with Gasteiger partial charge in [-0.1, -0.05) is 11.6 Å². The van der Waals surface area contributed by atoms with Gasteiger partial charge in [-0.3, -0.25) is 4.79 Å².